The van der Waals surface area contributed by atoms with Crippen LogP contribution in [-0.4, -0.2) is 51.0 Å². The Labute approximate surface area is 167 Å². The molecule has 0 aromatic carbocycles. The number of aliphatic hydroxyl groups is 1. The molecule has 0 radical (unpaired) electrons. The topological polar surface area (TPSA) is 111 Å². The second kappa shape index (κ2) is 7.38. The minimum absolute atomic E-state index is 0.0787. The lowest BCUT2D eigenvalue weighted by molar-refractivity contribution is -0.108. The Morgan fingerprint density at radius 1 is 1.28 bits per heavy atom. The first-order valence-corrected chi connectivity index (χ1v) is 9.56. The van der Waals surface area contributed by atoms with E-state index in [9.17, 15) is 14.7 Å². The number of likely N-dealkylation sites (tertiary alicyclic amines) is 1. The van der Waals surface area contributed by atoms with Gasteiger partial charge in [-0.15, -0.1) is 0 Å². The molecule has 0 saturated carbocycles. The molecule has 3 aromatic heterocycles. The second-order valence-corrected chi connectivity index (χ2v) is 7.44. The number of amides is 1. The van der Waals surface area contributed by atoms with Crippen LogP contribution in [0.5, 0.6) is 0 Å². The summed E-state index contributed by atoms with van der Waals surface area (Å²) in [5, 5.41) is 13.4. The number of aromatic nitrogens is 3. The quantitative estimate of drug-likeness (QED) is 0.595. The minimum Gasteiger partial charge on any atom is -0.382 e. The van der Waals surface area contributed by atoms with Crippen LogP contribution in [-0.2, 0) is 18.6 Å². The molecular weight excluding hydrogens is 370 g/mol. The molecule has 150 valence electrons. The Hall–Kier alpha value is -3.10. The molecule has 0 bridgehead atoms. The molecule has 0 unspecified atom stereocenters. The van der Waals surface area contributed by atoms with Gasteiger partial charge in [-0.1, -0.05) is 13.0 Å². The van der Waals surface area contributed by atoms with Crippen molar-refractivity contribution < 1.29 is 9.90 Å². The predicted molar refractivity (Wildman–Crippen MR) is 109 cm³/mol. The molecule has 4 rings (SSSR count). The van der Waals surface area contributed by atoms with Crippen molar-refractivity contribution >= 4 is 16.9 Å². The third-order valence-electron chi connectivity index (χ3n) is 5.34. The van der Waals surface area contributed by atoms with Crippen LogP contribution in [0.1, 0.15) is 34.1 Å². The number of nitrogens with zero attached hydrogens (tertiary/aromatic N) is 3. The van der Waals surface area contributed by atoms with Gasteiger partial charge in [-0.25, -0.2) is 0 Å². The maximum atomic E-state index is 12.0. The monoisotopic (exact) mass is 393 g/mol. The zero-order valence-electron chi connectivity index (χ0n) is 16.4. The molecule has 8 heteroatoms. The van der Waals surface area contributed by atoms with Gasteiger partial charge in [0.25, 0.3) is 11.5 Å². The van der Waals surface area contributed by atoms with Crippen molar-refractivity contribution in [1.29, 1.82) is 0 Å². The van der Waals surface area contributed by atoms with Crippen molar-refractivity contribution in [2.75, 3.05) is 20.1 Å². The van der Waals surface area contributed by atoms with Gasteiger partial charge in [-0.3, -0.25) is 24.5 Å². The molecule has 0 spiro atoms. The molecule has 1 aliphatic rings. The van der Waals surface area contributed by atoms with Gasteiger partial charge in [0.2, 0.25) is 0 Å². The third kappa shape index (κ3) is 3.64. The molecule has 1 saturated heterocycles. The van der Waals surface area contributed by atoms with E-state index < -0.39 is 5.60 Å². The fourth-order valence-electron chi connectivity index (χ4n) is 3.69. The summed E-state index contributed by atoms with van der Waals surface area (Å²) >= 11 is 0. The summed E-state index contributed by atoms with van der Waals surface area (Å²) in [6.45, 7) is 3.47. The fourth-order valence-corrected chi connectivity index (χ4v) is 3.69. The number of aromatic amines is 1. The number of fused-ring (bicyclic) bond motifs is 1. The van der Waals surface area contributed by atoms with Crippen molar-refractivity contribution in [1.82, 2.24) is 25.2 Å². The number of rotatable bonds is 5. The Morgan fingerprint density at radius 2 is 2.07 bits per heavy atom. The number of hydrogen-bond acceptors (Lipinski definition) is 6. The molecule has 4 heterocycles. The van der Waals surface area contributed by atoms with Crippen molar-refractivity contribution in [3.63, 3.8) is 0 Å². The number of β-amino-alcohol motifs (C(OH)–C–C–N with tert-alkyl or cyclic N) is 1. The summed E-state index contributed by atoms with van der Waals surface area (Å²) in [4.78, 5) is 37.2. The molecule has 29 heavy (non-hydrogen) atoms. The molecule has 1 fully saturated rings. The Balaban J connectivity index is 1.44. The molecule has 8 nitrogen and oxygen atoms in total. The van der Waals surface area contributed by atoms with Crippen LogP contribution >= 0.6 is 0 Å². The van der Waals surface area contributed by atoms with Gasteiger partial charge in [-0.2, -0.15) is 0 Å². The zero-order valence-corrected chi connectivity index (χ0v) is 16.4. The minimum atomic E-state index is -0.983. The fraction of sp³-hybridized carbons (Fsp3) is 0.333. The van der Waals surface area contributed by atoms with Crippen molar-refractivity contribution in [3.05, 3.63) is 69.4 Å². The van der Waals surface area contributed by atoms with Gasteiger partial charge in [0, 0.05) is 50.2 Å². The predicted octanol–water partition coefficient (Wildman–Crippen LogP) is 0.943. The highest BCUT2D eigenvalue weighted by Crippen LogP contribution is 2.32. The van der Waals surface area contributed by atoms with Gasteiger partial charge in [0.1, 0.15) is 11.3 Å². The highest BCUT2D eigenvalue weighted by atomic mass is 16.3. The summed E-state index contributed by atoms with van der Waals surface area (Å²) in [7, 11) is 1.55. The highest BCUT2D eigenvalue weighted by Gasteiger charge is 2.42. The highest BCUT2D eigenvalue weighted by molar-refractivity contribution is 5.91. The van der Waals surface area contributed by atoms with Gasteiger partial charge in [0.05, 0.1) is 11.0 Å². The molecule has 1 aliphatic heterocycles. The maximum Gasteiger partial charge on any atom is 0.269 e. The molecule has 3 aromatic rings. The van der Waals surface area contributed by atoms with E-state index in [0.29, 0.717) is 37.3 Å². The van der Waals surface area contributed by atoms with E-state index in [1.165, 1.54) is 0 Å². The number of H-pyrrole nitrogens is 1. The first-order chi connectivity index (χ1) is 13.9. The summed E-state index contributed by atoms with van der Waals surface area (Å²) in [5.41, 5.74) is 3.12. The van der Waals surface area contributed by atoms with Crippen molar-refractivity contribution in [2.24, 2.45) is 0 Å². The standard InChI is InChI=1S/C21H23N5O3/c1-3-14-7-17-18(25-19(14)27)6-13(8-23-17)10-26-11-21(29,12-26)15-4-5-16(24-9-15)20(28)22-2/h4-9,29H,3,10-12H2,1-2H3,(H,22,28)(H,25,27). The lowest BCUT2D eigenvalue weighted by atomic mass is 9.86. The Morgan fingerprint density at radius 3 is 2.72 bits per heavy atom. The van der Waals surface area contributed by atoms with Gasteiger partial charge in [0.15, 0.2) is 0 Å². The SMILES string of the molecule is CCc1cc2ncc(CN3CC(O)(c4ccc(C(=O)NC)nc4)C3)cc2[nH]c1=O. The van der Waals surface area contributed by atoms with Crippen LogP contribution in [0, 0.1) is 0 Å². The van der Waals surface area contributed by atoms with Crippen LogP contribution in [0.2, 0.25) is 0 Å². The van der Waals surface area contributed by atoms with E-state index in [1.807, 2.05) is 19.1 Å². The van der Waals surface area contributed by atoms with E-state index >= 15 is 0 Å². The average Bonchev–Trinajstić information content (AvgIpc) is 2.71. The Bertz CT molecular complexity index is 1120. The van der Waals surface area contributed by atoms with E-state index in [1.54, 1.807) is 31.6 Å². The van der Waals surface area contributed by atoms with Gasteiger partial charge in [-0.05, 0) is 30.2 Å². The molecule has 0 aliphatic carbocycles. The lowest BCUT2D eigenvalue weighted by Gasteiger charge is -2.46. The van der Waals surface area contributed by atoms with Crippen molar-refractivity contribution in [3.8, 4) is 0 Å². The lowest BCUT2D eigenvalue weighted by Crippen LogP contribution is -2.58. The van der Waals surface area contributed by atoms with Crippen molar-refractivity contribution in [2.45, 2.75) is 25.5 Å². The van der Waals surface area contributed by atoms with E-state index in [0.717, 1.165) is 22.2 Å². The number of nitrogens with one attached hydrogen (secondary N) is 2. The van der Waals surface area contributed by atoms with Crippen LogP contribution in [0.3, 0.4) is 0 Å². The van der Waals surface area contributed by atoms with E-state index in [4.69, 9.17) is 0 Å². The third-order valence-corrected chi connectivity index (χ3v) is 5.34. The first-order valence-electron chi connectivity index (χ1n) is 9.56. The molecule has 0 atom stereocenters. The second-order valence-electron chi connectivity index (χ2n) is 7.44. The summed E-state index contributed by atoms with van der Waals surface area (Å²) < 4.78 is 0. The molecule has 3 N–H and O–H groups in total. The smallest absolute Gasteiger partial charge is 0.269 e. The number of pyridine rings is 3. The van der Waals surface area contributed by atoms with Crippen LogP contribution in [0.15, 0.2) is 41.5 Å². The normalized spacial score (nSPS) is 15.8. The largest absolute Gasteiger partial charge is 0.382 e. The number of aryl methyl sites for hydroxylation is 1. The molecular formula is C21H23N5O3. The summed E-state index contributed by atoms with van der Waals surface area (Å²) in [6, 6.07) is 7.11. The molecule has 1 amide bonds. The Kier molecular flexibility index (Phi) is 4.89. The number of carbonyl (C=O) groups is 1. The first kappa shape index (κ1) is 19.2. The maximum absolute atomic E-state index is 12.0. The van der Waals surface area contributed by atoms with E-state index in [-0.39, 0.29) is 11.5 Å². The average molecular weight is 393 g/mol. The zero-order chi connectivity index (χ0) is 20.6. The summed E-state index contributed by atoms with van der Waals surface area (Å²) in [5.74, 6) is -0.258. The van der Waals surface area contributed by atoms with E-state index in [2.05, 4.69) is 25.2 Å². The number of hydrogen-bond donors (Lipinski definition) is 3. The van der Waals surface area contributed by atoms with Crippen LogP contribution < -0.4 is 10.9 Å². The summed E-state index contributed by atoms with van der Waals surface area (Å²) in [6.07, 6.45) is 4.02. The van der Waals surface area contributed by atoms with Crippen LogP contribution in [0.25, 0.3) is 11.0 Å². The number of carbonyl (C=O) groups excluding carboxylic acids is 1. The van der Waals surface area contributed by atoms with Crippen LogP contribution in [0.4, 0.5) is 0 Å². The van der Waals surface area contributed by atoms with Gasteiger partial charge < -0.3 is 15.4 Å². The van der Waals surface area contributed by atoms with Gasteiger partial charge >= 0.3 is 0 Å².